The van der Waals surface area contributed by atoms with E-state index >= 15 is 0 Å². The molecule has 0 spiro atoms. The molecule has 4 heteroatoms. The summed E-state index contributed by atoms with van der Waals surface area (Å²) in [5.41, 5.74) is 8.11. The maximum atomic E-state index is 6.29. The highest BCUT2D eigenvalue weighted by Gasteiger charge is 2.17. The van der Waals surface area contributed by atoms with Crippen LogP contribution in [0.4, 0.5) is 0 Å². The van der Waals surface area contributed by atoms with Crippen LogP contribution in [-0.4, -0.2) is 9.97 Å². The van der Waals surface area contributed by atoms with Crippen molar-refractivity contribution in [2.45, 2.75) is 90.9 Å². The molecule has 42 heavy (non-hydrogen) atoms. The minimum Gasteiger partial charge on any atom is -0.436 e. The van der Waals surface area contributed by atoms with Crippen LogP contribution >= 0.6 is 0 Å². The minimum atomic E-state index is 0.647. The summed E-state index contributed by atoms with van der Waals surface area (Å²) in [5.74, 6) is 1.29. The maximum Gasteiger partial charge on any atom is 0.227 e. The number of hydrogen-bond acceptors (Lipinski definition) is 4. The SMILES string of the molecule is CCCCCCCc1ccc2oc(-c3ccc(-c4nc5cc(CCCCCCC)ccc5o4)c4ccccc34)nc2c1. The molecule has 6 rings (SSSR count). The van der Waals surface area contributed by atoms with Crippen LogP contribution in [0.2, 0.25) is 0 Å². The van der Waals surface area contributed by atoms with Crippen molar-refractivity contribution >= 4 is 33.0 Å². The fourth-order valence-corrected chi connectivity index (χ4v) is 6.02. The number of aryl methyl sites for hydroxylation is 2. The molecular weight excluding hydrogens is 516 g/mol. The topological polar surface area (TPSA) is 52.1 Å². The molecule has 0 aliphatic rings. The second kappa shape index (κ2) is 13.4. The van der Waals surface area contributed by atoms with Crippen molar-refractivity contribution in [2.24, 2.45) is 0 Å². The van der Waals surface area contributed by atoms with Crippen molar-refractivity contribution in [3.63, 3.8) is 0 Å². The zero-order valence-electron chi connectivity index (χ0n) is 25.1. The fraction of sp³-hybridized carbons (Fsp3) is 0.368. The number of unbranched alkanes of at least 4 members (excludes halogenated alkanes) is 8. The van der Waals surface area contributed by atoms with Crippen LogP contribution in [0.15, 0.2) is 81.6 Å². The van der Waals surface area contributed by atoms with E-state index in [1.54, 1.807) is 0 Å². The third-order valence-corrected chi connectivity index (χ3v) is 8.43. The normalized spacial score (nSPS) is 11.8. The summed E-state index contributed by atoms with van der Waals surface area (Å²) >= 11 is 0. The average molecular weight is 559 g/mol. The van der Waals surface area contributed by atoms with Crippen molar-refractivity contribution < 1.29 is 8.83 Å². The molecule has 0 N–H and O–H groups in total. The van der Waals surface area contributed by atoms with Gasteiger partial charge in [0, 0.05) is 11.1 Å². The molecule has 0 aliphatic carbocycles. The van der Waals surface area contributed by atoms with Gasteiger partial charge in [0.1, 0.15) is 11.0 Å². The Morgan fingerprint density at radius 1 is 0.500 bits per heavy atom. The highest BCUT2D eigenvalue weighted by Crippen LogP contribution is 2.37. The van der Waals surface area contributed by atoms with Crippen molar-refractivity contribution in [1.82, 2.24) is 9.97 Å². The molecule has 0 radical (unpaired) electrons. The van der Waals surface area contributed by atoms with Gasteiger partial charge in [0.05, 0.1) is 0 Å². The van der Waals surface area contributed by atoms with Crippen molar-refractivity contribution in [3.8, 4) is 22.9 Å². The smallest absolute Gasteiger partial charge is 0.227 e. The molecular formula is C38H42N2O2. The van der Waals surface area contributed by atoms with Gasteiger partial charge in [0.25, 0.3) is 0 Å². The number of fused-ring (bicyclic) bond motifs is 3. The van der Waals surface area contributed by atoms with Crippen molar-refractivity contribution in [2.75, 3.05) is 0 Å². The molecule has 6 aromatic rings. The first-order valence-corrected chi connectivity index (χ1v) is 16.0. The van der Waals surface area contributed by atoms with E-state index in [-0.39, 0.29) is 0 Å². The summed E-state index contributed by atoms with van der Waals surface area (Å²) in [4.78, 5) is 9.87. The van der Waals surface area contributed by atoms with Gasteiger partial charge in [-0.3, -0.25) is 0 Å². The van der Waals surface area contributed by atoms with Crippen LogP contribution < -0.4 is 0 Å². The van der Waals surface area contributed by atoms with E-state index in [0.29, 0.717) is 11.8 Å². The van der Waals surface area contributed by atoms with Gasteiger partial charge >= 0.3 is 0 Å². The summed E-state index contributed by atoms with van der Waals surface area (Å²) in [6.45, 7) is 4.52. The number of nitrogens with zero attached hydrogens (tertiary/aromatic N) is 2. The summed E-state index contributed by atoms with van der Waals surface area (Å²) in [5, 5.41) is 2.15. The molecule has 2 aromatic heterocycles. The van der Waals surface area contributed by atoms with Crippen LogP contribution in [0.5, 0.6) is 0 Å². The highest BCUT2D eigenvalue weighted by molar-refractivity contribution is 6.03. The third-order valence-electron chi connectivity index (χ3n) is 8.43. The number of oxazole rings is 2. The van der Waals surface area contributed by atoms with Gasteiger partial charge in [0.15, 0.2) is 11.2 Å². The molecule has 0 saturated heterocycles. The largest absolute Gasteiger partial charge is 0.436 e. The van der Waals surface area contributed by atoms with Gasteiger partial charge in [-0.05, 0) is 84.0 Å². The minimum absolute atomic E-state index is 0.647. The van der Waals surface area contributed by atoms with E-state index in [0.717, 1.165) is 56.9 Å². The Morgan fingerprint density at radius 3 is 1.40 bits per heavy atom. The number of hydrogen-bond donors (Lipinski definition) is 0. The summed E-state index contributed by atoms with van der Waals surface area (Å²) < 4.78 is 12.6. The average Bonchev–Trinajstić information content (AvgIpc) is 3.64. The predicted molar refractivity (Wildman–Crippen MR) is 175 cm³/mol. The number of aromatic nitrogens is 2. The van der Waals surface area contributed by atoms with Crippen molar-refractivity contribution in [1.29, 1.82) is 0 Å². The Morgan fingerprint density at radius 2 is 0.952 bits per heavy atom. The molecule has 0 bridgehead atoms. The first kappa shape index (κ1) is 28.2. The Hall–Kier alpha value is -3.92. The van der Waals surface area contributed by atoms with Crippen LogP contribution in [0.3, 0.4) is 0 Å². The molecule has 0 saturated carbocycles. The van der Waals surface area contributed by atoms with Crippen LogP contribution in [0.1, 0.15) is 89.2 Å². The lowest BCUT2D eigenvalue weighted by Gasteiger charge is -2.07. The molecule has 0 aliphatic heterocycles. The van der Waals surface area contributed by atoms with E-state index in [1.165, 1.54) is 75.3 Å². The molecule has 4 aromatic carbocycles. The lowest BCUT2D eigenvalue weighted by Crippen LogP contribution is -1.87. The zero-order chi connectivity index (χ0) is 28.7. The Labute approximate surface area is 249 Å². The van der Waals surface area contributed by atoms with E-state index in [9.17, 15) is 0 Å². The number of rotatable bonds is 14. The second-order valence-electron chi connectivity index (χ2n) is 11.7. The van der Waals surface area contributed by atoms with Gasteiger partial charge < -0.3 is 8.83 Å². The van der Waals surface area contributed by atoms with Gasteiger partial charge in [-0.25, -0.2) is 9.97 Å². The van der Waals surface area contributed by atoms with Gasteiger partial charge in [0.2, 0.25) is 11.8 Å². The van der Waals surface area contributed by atoms with E-state index in [4.69, 9.17) is 18.8 Å². The second-order valence-corrected chi connectivity index (χ2v) is 11.7. The molecule has 216 valence electrons. The molecule has 2 heterocycles. The Bertz CT molecular complexity index is 1650. The van der Waals surface area contributed by atoms with E-state index in [1.807, 2.05) is 0 Å². The van der Waals surface area contributed by atoms with E-state index in [2.05, 4.69) is 86.6 Å². The summed E-state index contributed by atoms with van der Waals surface area (Å²) in [7, 11) is 0. The third kappa shape index (κ3) is 6.28. The molecule has 0 amide bonds. The van der Waals surface area contributed by atoms with Gasteiger partial charge in [-0.2, -0.15) is 0 Å². The summed E-state index contributed by atoms with van der Waals surface area (Å²) in [6.07, 6.45) is 15.0. The monoisotopic (exact) mass is 558 g/mol. The zero-order valence-corrected chi connectivity index (χ0v) is 25.1. The van der Waals surface area contributed by atoms with E-state index < -0.39 is 0 Å². The summed E-state index contributed by atoms with van der Waals surface area (Å²) in [6, 6.07) is 25.5. The maximum absolute atomic E-state index is 6.29. The lowest BCUT2D eigenvalue weighted by molar-refractivity contribution is 0.618. The fourth-order valence-electron chi connectivity index (χ4n) is 6.02. The first-order chi connectivity index (χ1) is 20.7. The van der Waals surface area contributed by atoms with Crippen LogP contribution in [0, 0.1) is 0 Å². The standard InChI is InChI=1S/C38H42N2O2/c1-3-5-7-9-11-15-27-19-23-35-33(25-27)39-37(41-35)31-21-22-32(30-18-14-13-17-29(30)31)38-40-34-26-28(20-24-36(34)42-38)16-12-10-8-6-4-2/h13-14,17-26H,3-12,15-16H2,1-2H3. The number of benzene rings is 4. The first-order valence-electron chi connectivity index (χ1n) is 16.0. The quantitative estimate of drug-likeness (QED) is 0.125. The van der Waals surface area contributed by atoms with Gasteiger partial charge in [-0.1, -0.05) is 102 Å². The lowest BCUT2D eigenvalue weighted by atomic mass is 9.99. The molecule has 0 atom stereocenters. The molecule has 0 unspecified atom stereocenters. The predicted octanol–water partition coefficient (Wildman–Crippen LogP) is 11.5. The highest BCUT2D eigenvalue weighted by atomic mass is 16.4. The van der Waals surface area contributed by atoms with Crippen LogP contribution in [-0.2, 0) is 12.8 Å². The van der Waals surface area contributed by atoms with Gasteiger partial charge in [-0.15, -0.1) is 0 Å². The van der Waals surface area contributed by atoms with Crippen molar-refractivity contribution in [3.05, 3.63) is 83.9 Å². The molecule has 4 nitrogen and oxygen atoms in total. The Kier molecular flexibility index (Phi) is 8.98. The van der Waals surface area contributed by atoms with Crippen LogP contribution in [0.25, 0.3) is 55.9 Å². The Balaban J connectivity index is 1.26. The molecule has 0 fully saturated rings.